The van der Waals surface area contributed by atoms with Gasteiger partial charge in [-0.2, -0.15) is 5.26 Å². The van der Waals surface area contributed by atoms with Crippen LogP contribution in [0.5, 0.6) is 0 Å². The summed E-state index contributed by atoms with van der Waals surface area (Å²) < 4.78 is 0. The number of alkyl halides is 1. The van der Waals surface area contributed by atoms with E-state index in [2.05, 4.69) is 16.7 Å². The summed E-state index contributed by atoms with van der Waals surface area (Å²) in [7, 11) is 0. The van der Waals surface area contributed by atoms with E-state index in [9.17, 15) is 0 Å². The summed E-state index contributed by atoms with van der Waals surface area (Å²) >= 11 is 6.18. The predicted octanol–water partition coefficient (Wildman–Crippen LogP) is 2.40. The number of piperidine rings is 1. The Hall–Kier alpha value is -1.77. The Morgan fingerprint density at radius 1 is 1.55 bits per heavy atom. The van der Waals surface area contributed by atoms with Crippen molar-refractivity contribution in [3.8, 4) is 6.07 Å². The van der Waals surface area contributed by atoms with Gasteiger partial charge in [-0.25, -0.2) is 0 Å². The first-order valence-corrected chi connectivity index (χ1v) is 6.68. The van der Waals surface area contributed by atoms with Crippen molar-refractivity contribution in [2.75, 3.05) is 11.9 Å². The van der Waals surface area contributed by atoms with Crippen LogP contribution in [0.25, 0.3) is 0 Å². The average molecular weight is 296 g/mol. The second-order valence-electron chi connectivity index (χ2n) is 4.57. The lowest BCUT2D eigenvalue weighted by atomic mass is 9.96. The van der Waals surface area contributed by atoms with E-state index in [0.717, 1.165) is 19.2 Å². The predicted molar refractivity (Wildman–Crippen MR) is 78.6 cm³/mol. The van der Waals surface area contributed by atoms with Crippen molar-refractivity contribution in [1.29, 1.82) is 5.26 Å². The highest BCUT2D eigenvalue weighted by Gasteiger charge is 2.34. The number of hydrogen-bond acceptors (Lipinski definition) is 4. The number of para-hydroxylation sites is 1. The summed E-state index contributed by atoms with van der Waals surface area (Å²) in [4.78, 5) is 8.28. The van der Waals surface area contributed by atoms with Crippen LogP contribution in [-0.2, 0) is 4.79 Å². The van der Waals surface area contributed by atoms with Crippen LogP contribution in [-0.4, -0.2) is 28.7 Å². The molecule has 6 heteroatoms. The number of nitrogens with zero attached hydrogens (tertiary/aromatic N) is 1. The molecule has 108 valence electrons. The minimum atomic E-state index is -0.833. The Morgan fingerprint density at radius 3 is 2.70 bits per heavy atom. The van der Waals surface area contributed by atoms with Crippen molar-refractivity contribution >= 4 is 23.3 Å². The van der Waals surface area contributed by atoms with Gasteiger partial charge in [-0.1, -0.05) is 18.2 Å². The van der Waals surface area contributed by atoms with Gasteiger partial charge in [0.15, 0.2) is 0 Å². The normalized spacial score (nSPS) is 24.8. The molecule has 1 fully saturated rings. The van der Waals surface area contributed by atoms with Gasteiger partial charge in [0.05, 0.1) is 12.2 Å². The molecule has 1 aromatic carbocycles. The van der Waals surface area contributed by atoms with Gasteiger partial charge in [0.2, 0.25) is 0 Å². The summed E-state index contributed by atoms with van der Waals surface area (Å²) in [5.41, 5.74) is 1.04. The van der Waals surface area contributed by atoms with E-state index in [-0.39, 0.29) is 6.17 Å². The first kappa shape index (κ1) is 16.3. The first-order chi connectivity index (χ1) is 9.45. The van der Waals surface area contributed by atoms with E-state index < -0.39 is 10.8 Å². The average Bonchev–Trinajstić information content (AvgIpc) is 2.39. The molecule has 1 aliphatic rings. The highest BCUT2D eigenvalue weighted by Crippen LogP contribution is 2.28. The van der Waals surface area contributed by atoms with Crippen molar-refractivity contribution in [3.05, 3.63) is 30.3 Å². The molecular formula is C14H18ClN3O2. The lowest BCUT2D eigenvalue weighted by Crippen LogP contribution is -2.48. The molecule has 1 aromatic rings. The van der Waals surface area contributed by atoms with Crippen LogP contribution in [0.2, 0.25) is 0 Å². The van der Waals surface area contributed by atoms with Gasteiger partial charge >= 0.3 is 0 Å². The van der Waals surface area contributed by atoms with E-state index in [4.69, 9.17) is 26.8 Å². The van der Waals surface area contributed by atoms with E-state index in [1.165, 1.54) is 0 Å². The van der Waals surface area contributed by atoms with Crippen molar-refractivity contribution < 1.29 is 9.90 Å². The lowest BCUT2D eigenvalue weighted by Gasteiger charge is -2.33. The van der Waals surface area contributed by atoms with Gasteiger partial charge in [0.1, 0.15) is 4.87 Å². The van der Waals surface area contributed by atoms with Gasteiger partial charge in [-0.05, 0) is 25.1 Å². The summed E-state index contributed by atoms with van der Waals surface area (Å²) in [5, 5.41) is 23.0. The number of halogens is 1. The second kappa shape index (κ2) is 7.73. The number of rotatable bonds is 2. The molecule has 0 bridgehead atoms. The number of benzene rings is 1. The third-order valence-electron chi connectivity index (χ3n) is 2.75. The van der Waals surface area contributed by atoms with E-state index in [1.54, 1.807) is 0 Å². The Balaban J connectivity index is 0.000000444. The molecule has 1 saturated heterocycles. The molecule has 0 radical (unpaired) electrons. The fourth-order valence-electron chi connectivity index (χ4n) is 1.88. The molecule has 0 saturated carbocycles. The fourth-order valence-corrected chi connectivity index (χ4v) is 2.13. The second-order valence-corrected chi connectivity index (χ2v) is 5.29. The van der Waals surface area contributed by atoms with Gasteiger partial charge in [0, 0.05) is 19.0 Å². The summed E-state index contributed by atoms with van der Waals surface area (Å²) in [5.74, 6) is -0.833. The molecule has 0 aliphatic carbocycles. The number of anilines is 1. The quantitative estimate of drug-likeness (QED) is 0.730. The van der Waals surface area contributed by atoms with E-state index in [1.807, 2.05) is 30.3 Å². The fraction of sp³-hybridized carbons (Fsp3) is 0.429. The molecule has 2 unspecified atom stereocenters. The molecule has 3 N–H and O–H groups in total. The maximum atomic E-state index is 9.00. The Labute approximate surface area is 123 Å². The van der Waals surface area contributed by atoms with Crippen LogP contribution < -0.4 is 10.6 Å². The van der Waals surface area contributed by atoms with E-state index in [0.29, 0.717) is 12.8 Å². The van der Waals surface area contributed by atoms with Crippen molar-refractivity contribution in [2.24, 2.45) is 0 Å². The number of nitriles is 1. The monoisotopic (exact) mass is 295 g/mol. The van der Waals surface area contributed by atoms with Crippen LogP contribution in [0.4, 0.5) is 5.69 Å². The SMILES string of the molecule is CC(=O)O.N#CC1(Cl)CCNC(Nc2ccccc2)C1. The molecule has 0 spiro atoms. The van der Waals surface area contributed by atoms with Gasteiger partial charge in [0.25, 0.3) is 5.97 Å². The van der Waals surface area contributed by atoms with Crippen LogP contribution in [0.15, 0.2) is 30.3 Å². The van der Waals surface area contributed by atoms with Crippen LogP contribution in [0, 0.1) is 11.3 Å². The van der Waals surface area contributed by atoms with Crippen molar-refractivity contribution in [3.63, 3.8) is 0 Å². The third-order valence-corrected chi connectivity index (χ3v) is 3.18. The zero-order valence-corrected chi connectivity index (χ0v) is 12.0. The molecule has 0 amide bonds. The Bertz CT molecular complexity index is 471. The zero-order valence-electron chi connectivity index (χ0n) is 11.3. The maximum Gasteiger partial charge on any atom is 0.300 e. The zero-order chi connectivity index (χ0) is 15.0. The maximum absolute atomic E-state index is 9.00. The van der Waals surface area contributed by atoms with Crippen molar-refractivity contribution in [1.82, 2.24) is 5.32 Å². The molecule has 1 heterocycles. The number of nitrogens with one attached hydrogen (secondary N) is 2. The largest absolute Gasteiger partial charge is 0.481 e. The van der Waals surface area contributed by atoms with Crippen LogP contribution in [0.1, 0.15) is 19.8 Å². The molecule has 20 heavy (non-hydrogen) atoms. The number of hydrogen-bond donors (Lipinski definition) is 3. The van der Waals surface area contributed by atoms with Crippen molar-refractivity contribution in [2.45, 2.75) is 30.8 Å². The summed E-state index contributed by atoms with van der Waals surface area (Å²) in [6, 6.07) is 12.1. The summed E-state index contributed by atoms with van der Waals surface area (Å²) in [6.45, 7) is 1.85. The minimum Gasteiger partial charge on any atom is -0.481 e. The topological polar surface area (TPSA) is 85.1 Å². The third kappa shape index (κ3) is 5.91. The molecule has 5 nitrogen and oxygen atoms in total. The number of carboxylic acids is 1. The van der Waals surface area contributed by atoms with Crippen LogP contribution in [0.3, 0.4) is 0 Å². The van der Waals surface area contributed by atoms with Gasteiger partial charge in [-0.15, -0.1) is 11.6 Å². The molecule has 0 aromatic heterocycles. The van der Waals surface area contributed by atoms with Gasteiger partial charge in [-0.3, -0.25) is 10.1 Å². The first-order valence-electron chi connectivity index (χ1n) is 6.30. The Kier molecular flexibility index (Phi) is 6.29. The number of carboxylic acid groups (broad SMARTS) is 1. The lowest BCUT2D eigenvalue weighted by molar-refractivity contribution is -0.134. The van der Waals surface area contributed by atoms with Crippen LogP contribution >= 0.6 is 11.6 Å². The standard InChI is InChI=1S/C12H14ClN3.C2H4O2/c13-12(9-14)6-7-15-11(8-12)16-10-4-2-1-3-5-10;1-2(3)4/h1-5,11,15-16H,6-8H2;1H3,(H,3,4). The number of carbonyl (C=O) groups is 1. The van der Waals surface area contributed by atoms with Gasteiger partial charge < -0.3 is 10.4 Å². The Morgan fingerprint density at radius 2 is 2.15 bits per heavy atom. The molecule has 2 atom stereocenters. The highest BCUT2D eigenvalue weighted by molar-refractivity contribution is 6.25. The highest BCUT2D eigenvalue weighted by atomic mass is 35.5. The van der Waals surface area contributed by atoms with E-state index >= 15 is 0 Å². The minimum absolute atomic E-state index is 0.0632. The molecular weight excluding hydrogens is 278 g/mol. The molecule has 2 rings (SSSR count). The summed E-state index contributed by atoms with van der Waals surface area (Å²) in [6.07, 6.45) is 1.37. The number of aliphatic carboxylic acids is 1. The molecule has 1 aliphatic heterocycles. The smallest absolute Gasteiger partial charge is 0.300 e.